The van der Waals surface area contributed by atoms with Gasteiger partial charge in [0, 0.05) is 19.0 Å². The van der Waals surface area contributed by atoms with Gasteiger partial charge in [-0.1, -0.05) is 25.1 Å². The van der Waals surface area contributed by atoms with Crippen LogP contribution in [0.3, 0.4) is 0 Å². The number of hydrogen-bond donors (Lipinski definition) is 1. The molecule has 21 heavy (non-hydrogen) atoms. The fourth-order valence-electron chi connectivity index (χ4n) is 2.76. The summed E-state index contributed by atoms with van der Waals surface area (Å²) in [5.41, 5.74) is -0.194. The number of benzene rings is 1. The van der Waals surface area contributed by atoms with E-state index < -0.39 is 0 Å². The molecule has 4 nitrogen and oxygen atoms in total. The third-order valence-electron chi connectivity index (χ3n) is 4.22. The minimum absolute atomic E-state index is 0.194. The Morgan fingerprint density at radius 2 is 1.95 bits per heavy atom. The summed E-state index contributed by atoms with van der Waals surface area (Å²) in [7, 11) is 1.90. The van der Waals surface area contributed by atoms with Crippen molar-refractivity contribution in [3.8, 4) is 5.75 Å². The predicted octanol–water partition coefficient (Wildman–Crippen LogP) is 2.30. The van der Waals surface area contributed by atoms with Crippen molar-refractivity contribution in [2.45, 2.75) is 26.2 Å². The highest BCUT2D eigenvalue weighted by Gasteiger charge is 2.36. The Kier molecular flexibility index (Phi) is 5.62. The van der Waals surface area contributed by atoms with Crippen molar-refractivity contribution in [2.75, 3.05) is 33.3 Å². The smallest absolute Gasteiger partial charge is 0.228 e. The first kappa shape index (κ1) is 15.8. The summed E-state index contributed by atoms with van der Waals surface area (Å²) in [6.45, 7) is 5.35. The van der Waals surface area contributed by atoms with E-state index in [1.165, 1.54) is 0 Å². The molecule has 116 valence electrons. The van der Waals surface area contributed by atoms with Gasteiger partial charge >= 0.3 is 0 Å². The van der Waals surface area contributed by atoms with E-state index >= 15 is 0 Å². The number of piperidine rings is 1. The predicted molar refractivity (Wildman–Crippen MR) is 84.4 cm³/mol. The molecular formula is C17H26N2O2. The van der Waals surface area contributed by atoms with Crippen molar-refractivity contribution in [1.29, 1.82) is 0 Å². The van der Waals surface area contributed by atoms with Crippen LogP contribution < -0.4 is 10.1 Å². The zero-order valence-electron chi connectivity index (χ0n) is 13.1. The molecule has 0 radical (unpaired) electrons. The van der Waals surface area contributed by atoms with Gasteiger partial charge in [-0.3, -0.25) is 4.79 Å². The number of nitrogens with zero attached hydrogens (tertiary/aromatic N) is 1. The summed E-state index contributed by atoms with van der Waals surface area (Å²) >= 11 is 0. The molecular weight excluding hydrogens is 264 g/mol. The number of amides is 1. The summed E-state index contributed by atoms with van der Waals surface area (Å²) in [6.07, 6.45) is 2.71. The average Bonchev–Trinajstić information content (AvgIpc) is 2.52. The minimum atomic E-state index is -0.194. The molecule has 1 aliphatic rings. The molecule has 2 rings (SSSR count). The maximum absolute atomic E-state index is 12.5. The second-order valence-electron chi connectivity index (χ2n) is 6.05. The monoisotopic (exact) mass is 290 g/mol. The van der Waals surface area contributed by atoms with Crippen LogP contribution in [0.1, 0.15) is 26.2 Å². The number of carbonyl (C=O) groups is 1. The van der Waals surface area contributed by atoms with Crippen molar-refractivity contribution in [3.63, 3.8) is 0 Å². The Labute approximate surface area is 127 Å². The molecule has 1 N–H and O–H groups in total. The first-order valence-electron chi connectivity index (χ1n) is 7.76. The molecule has 1 fully saturated rings. The van der Waals surface area contributed by atoms with Gasteiger partial charge in [0.15, 0.2) is 0 Å². The van der Waals surface area contributed by atoms with Gasteiger partial charge < -0.3 is 15.0 Å². The van der Waals surface area contributed by atoms with Crippen LogP contribution in [0.25, 0.3) is 0 Å². The Morgan fingerprint density at radius 1 is 1.29 bits per heavy atom. The van der Waals surface area contributed by atoms with Crippen molar-refractivity contribution in [1.82, 2.24) is 10.2 Å². The topological polar surface area (TPSA) is 41.6 Å². The Bertz CT molecular complexity index is 441. The molecule has 1 saturated heterocycles. The molecule has 0 aromatic heterocycles. The van der Waals surface area contributed by atoms with E-state index in [4.69, 9.17) is 4.74 Å². The van der Waals surface area contributed by atoms with E-state index in [-0.39, 0.29) is 11.3 Å². The molecule has 0 unspecified atom stereocenters. The Morgan fingerprint density at radius 3 is 2.62 bits per heavy atom. The SMILES string of the molecule is CN(CCCOc1ccccc1)C(=O)C1(C)CCNCC1. The zero-order valence-corrected chi connectivity index (χ0v) is 13.1. The highest BCUT2D eigenvalue weighted by molar-refractivity contribution is 5.82. The van der Waals surface area contributed by atoms with Gasteiger partial charge in [0.25, 0.3) is 0 Å². The lowest BCUT2D eigenvalue weighted by Crippen LogP contribution is -2.46. The van der Waals surface area contributed by atoms with E-state index in [1.807, 2.05) is 42.3 Å². The zero-order chi connectivity index (χ0) is 15.1. The first-order chi connectivity index (χ1) is 10.1. The molecule has 1 aliphatic heterocycles. The molecule has 0 spiro atoms. The van der Waals surface area contributed by atoms with Crippen molar-refractivity contribution >= 4 is 5.91 Å². The number of nitrogens with one attached hydrogen (secondary N) is 1. The van der Waals surface area contributed by atoms with Crippen molar-refractivity contribution in [3.05, 3.63) is 30.3 Å². The summed E-state index contributed by atoms with van der Waals surface area (Å²) in [4.78, 5) is 14.4. The van der Waals surface area contributed by atoms with Crippen LogP contribution in [-0.2, 0) is 4.79 Å². The largest absolute Gasteiger partial charge is 0.494 e. The molecule has 1 aromatic carbocycles. The summed E-state index contributed by atoms with van der Waals surface area (Å²) < 4.78 is 5.66. The molecule has 1 amide bonds. The van der Waals surface area contributed by atoms with Gasteiger partial charge in [0.05, 0.1) is 6.61 Å². The van der Waals surface area contributed by atoms with Gasteiger partial charge in [0.1, 0.15) is 5.75 Å². The van der Waals surface area contributed by atoms with E-state index in [0.29, 0.717) is 6.61 Å². The van der Waals surface area contributed by atoms with Gasteiger partial charge in [-0.25, -0.2) is 0 Å². The number of ether oxygens (including phenoxy) is 1. The normalized spacial score (nSPS) is 17.2. The fraction of sp³-hybridized carbons (Fsp3) is 0.588. The molecule has 0 aliphatic carbocycles. The van der Waals surface area contributed by atoms with Gasteiger partial charge in [0.2, 0.25) is 5.91 Å². The van der Waals surface area contributed by atoms with Gasteiger partial charge in [-0.2, -0.15) is 0 Å². The molecule has 0 bridgehead atoms. The quantitative estimate of drug-likeness (QED) is 0.817. The highest BCUT2D eigenvalue weighted by atomic mass is 16.5. The second kappa shape index (κ2) is 7.46. The molecule has 0 saturated carbocycles. The third kappa shape index (κ3) is 4.46. The van der Waals surface area contributed by atoms with Gasteiger partial charge in [-0.05, 0) is 44.5 Å². The number of para-hydroxylation sites is 1. The number of hydrogen-bond acceptors (Lipinski definition) is 3. The van der Waals surface area contributed by atoms with Crippen LogP contribution in [0.15, 0.2) is 30.3 Å². The van der Waals surface area contributed by atoms with Gasteiger partial charge in [-0.15, -0.1) is 0 Å². The lowest BCUT2D eigenvalue weighted by Gasteiger charge is -2.36. The molecule has 0 atom stereocenters. The third-order valence-corrected chi connectivity index (χ3v) is 4.22. The van der Waals surface area contributed by atoms with E-state index in [9.17, 15) is 4.79 Å². The number of rotatable bonds is 6. The molecule has 1 aromatic rings. The molecule has 4 heteroatoms. The summed E-state index contributed by atoms with van der Waals surface area (Å²) in [6, 6.07) is 9.79. The van der Waals surface area contributed by atoms with E-state index in [0.717, 1.165) is 44.6 Å². The minimum Gasteiger partial charge on any atom is -0.494 e. The summed E-state index contributed by atoms with van der Waals surface area (Å²) in [5, 5.41) is 3.31. The maximum Gasteiger partial charge on any atom is 0.228 e. The van der Waals surface area contributed by atoms with Crippen LogP contribution in [0.5, 0.6) is 5.75 Å². The van der Waals surface area contributed by atoms with Crippen LogP contribution in [0.4, 0.5) is 0 Å². The van der Waals surface area contributed by atoms with Crippen LogP contribution >= 0.6 is 0 Å². The standard InChI is InChI=1S/C17H26N2O2/c1-17(9-11-18-12-10-17)16(20)19(2)13-6-14-21-15-7-4-3-5-8-15/h3-5,7-8,18H,6,9-14H2,1-2H3. The fourth-order valence-corrected chi connectivity index (χ4v) is 2.76. The molecule has 1 heterocycles. The van der Waals surface area contributed by atoms with Crippen molar-refractivity contribution in [2.24, 2.45) is 5.41 Å². The lowest BCUT2D eigenvalue weighted by molar-refractivity contribution is -0.141. The van der Waals surface area contributed by atoms with Crippen LogP contribution in [-0.4, -0.2) is 44.1 Å². The van der Waals surface area contributed by atoms with Crippen LogP contribution in [0.2, 0.25) is 0 Å². The Balaban J connectivity index is 1.71. The average molecular weight is 290 g/mol. The van der Waals surface area contributed by atoms with E-state index in [1.54, 1.807) is 0 Å². The van der Waals surface area contributed by atoms with Crippen LogP contribution in [0, 0.1) is 5.41 Å². The second-order valence-corrected chi connectivity index (χ2v) is 6.05. The van der Waals surface area contributed by atoms with E-state index in [2.05, 4.69) is 12.2 Å². The Hall–Kier alpha value is -1.55. The summed E-state index contributed by atoms with van der Waals surface area (Å²) in [5.74, 6) is 1.15. The highest BCUT2D eigenvalue weighted by Crippen LogP contribution is 2.29. The first-order valence-corrected chi connectivity index (χ1v) is 7.76. The maximum atomic E-state index is 12.5. The van der Waals surface area contributed by atoms with Crippen molar-refractivity contribution < 1.29 is 9.53 Å². The number of carbonyl (C=O) groups excluding carboxylic acids is 1. The lowest BCUT2D eigenvalue weighted by atomic mass is 9.80.